The van der Waals surface area contributed by atoms with Crippen LogP contribution in [0.25, 0.3) is 0 Å². The number of ketones is 1. The summed E-state index contributed by atoms with van der Waals surface area (Å²) in [6.45, 7) is 3.47. The van der Waals surface area contributed by atoms with E-state index in [1.165, 1.54) is 13.0 Å². The normalized spacial score (nSPS) is 11.3. The largest absolute Gasteiger partial charge is 0.451 e. The van der Waals surface area contributed by atoms with Crippen LogP contribution in [0.4, 0.5) is 0 Å². The van der Waals surface area contributed by atoms with Gasteiger partial charge in [0.25, 0.3) is 0 Å². The van der Waals surface area contributed by atoms with Gasteiger partial charge in [0.1, 0.15) is 0 Å². The van der Waals surface area contributed by atoms with Crippen molar-refractivity contribution in [3.8, 4) is 6.07 Å². The number of carbonyl (C=O) groups is 2. The molecule has 4 nitrogen and oxygen atoms in total. The Hall–Kier alpha value is -2.93. The van der Waals surface area contributed by atoms with Gasteiger partial charge >= 0.3 is 5.97 Å². The summed E-state index contributed by atoms with van der Waals surface area (Å²) in [4.78, 5) is 24.2. The number of esters is 1. The van der Waals surface area contributed by atoms with Crippen LogP contribution in [0.5, 0.6) is 0 Å². The molecule has 0 radical (unpaired) electrons. The Morgan fingerprint density at radius 2 is 1.77 bits per heavy atom. The highest BCUT2D eigenvalue weighted by Crippen LogP contribution is 2.12. The highest BCUT2D eigenvalue weighted by molar-refractivity contribution is 6.01. The van der Waals surface area contributed by atoms with E-state index >= 15 is 0 Å². The first-order valence-electron chi connectivity index (χ1n) is 6.83. The summed E-state index contributed by atoms with van der Waals surface area (Å²) in [5, 5.41) is 8.83. The number of hydrogen-bond donors (Lipinski definition) is 0. The maximum Gasteiger partial charge on any atom is 0.338 e. The van der Waals surface area contributed by atoms with E-state index in [0.717, 1.165) is 5.56 Å². The number of hydrogen-bond acceptors (Lipinski definition) is 4. The van der Waals surface area contributed by atoms with Crippen molar-refractivity contribution in [3.05, 3.63) is 70.8 Å². The summed E-state index contributed by atoms with van der Waals surface area (Å²) >= 11 is 0. The van der Waals surface area contributed by atoms with E-state index in [9.17, 15) is 9.59 Å². The zero-order valence-electron chi connectivity index (χ0n) is 12.4. The molecule has 0 aliphatic heterocycles. The molecule has 0 spiro atoms. The van der Waals surface area contributed by atoms with Gasteiger partial charge in [-0.15, -0.1) is 0 Å². The summed E-state index contributed by atoms with van der Waals surface area (Å²) in [6.07, 6.45) is -0.888. The molecular weight excluding hydrogens is 278 g/mol. The number of carbonyl (C=O) groups excluding carboxylic acids is 2. The number of benzene rings is 2. The summed E-state index contributed by atoms with van der Waals surface area (Å²) in [5.41, 5.74) is 2.17. The second kappa shape index (κ2) is 6.68. The van der Waals surface area contributed by atoms with Crippen molar-refractivity contribution in [3.63, 3.8) is 0 Å². The van der Waals surface area contributed by atoms with E-state index in [-0.39, 0.29) is 11.3 Å². The summed E-state index contributed by atoms with van der Waals surface area (Å²) in [6, 6.07) is 15.2. The molecule has 2 aromatic carbocycles. The number of nitrogens with zero attached hydrogens (tertiary/aromatic N) is 1. The quantitative estimate of drug-likeness (QED) is 0.640. The van der Waals surface area contributed by atoms with Crippen LogP contribution in [0.15, 0.2) is 48.5 Å². The second-order valence-corrected chi connectivity index (χ2v) is 4.97. The van der Waals surface area contributed by atoms with E-state index in [2.05, 4.69) is 0 Å². The lowest BCUT2D eigenvalue weighted by Gasteiger charge is -2.12. The third-order valence-corrected chi connectivity index (χ3v) is 3.22. The third kappa shape index (κ3) is 3.58. The molecule has 0 heterocycles. The molecule has 0 unspecified atom stereocenters. The first-order valence-corrected chi connectivity index (χ1v) is 6.83. The molecule has 0 aliphatic rings. The zero-order chi connectivity index (χ0) is 16.1. The van der Waals surface area contributed by atoms with Crippen molar-refractivity contribution >= 4 is 11.8 Å². The average molecular weight is 293 g/mol. The van der Waals surface area contributed by atoms with Crippen molar-refractivity contribution in [2.75, 3.05) is 0 Å². The van der Waals surface area contributed by atoms with Crippen LogP contribution in [-0.4, -0.2) is 17.9 Å². The molecule has 22 heavy (non-hydrogen) atoms. The van der Waals surface area contributed by atoms with Gasteiger partial charge in [-0.05, 0) is 32.0 Å². The molecule has 0 bridgehead atoms. The average Bonchev–Trinajstić information content (AvgIpc) is 2.54. The SMILES string of the molecule is Cc1ccc(C(=O)[C@@H](C)OC(=O)c2cccc(C#N)c2)cc1. The van der Waals surface area contributed by atoms with Gasteiger partial charge in [-0.25, -0.2) is 4.79 Å². The summed E-state index contributed by atoms with van der Waals surface area (Å²) < 4.78 is 5.18. The monoisotopic (exact) mass is 293 g/mol. The predicted octanol–water partition coefficient (Wildman–Crippen LogP) is 3.29. The first-order chi connectivity index (χ1) is 10.5. The molecule has 2 aromatic rings. The minimum atomic E-state index is -0.888. The fraction of sp³-hybridized carbons (Fsp3) is 0.167. The van der Waals surface area contributed by atoms with E-state index in [1.54, 1.807) is 30.3 Å². The van der Waals surface area contributed by atoms with Crippen LogP contribution in [0, 0.1) is 18.3 Å². The molecule has 0 fully saturated rings. The molecule has 2 rings (SSSR count). The summed E-state index contributed by atoms with van der Waals surface area (Å²) in [5.74, 6) is -0.880. The zero-order valence-corrected chi connectivity index (χ0v) is 12.4. The molecule has 0 saturated heterocycles. The summed E-state index contributed by atoms with van der Waals surface area (Å²) in [7, 11) is 0. The second-order valence-electron chi connectivity index (χ2n) is 4.97. The Bertz CT molecular complexity index is 742. The third-order valence-electron chi connectivity index (χ3n) is 3.22. The Morgan fingerprint density at radius 3 is 2.41 bits per heavy atom. The maximum atomic E-state index is 12.2. The van der Waals surface area contributed by atoms with Crippen molar-refractivity contribution in [2.24, 2.45) is 0 Å². The van der Waals surface area contributed by atoms with Crippen LogP contribution in [-0.2, 0) is 4.74 Å². The molecule has 0 N–H and O–H groups in total. The van der Waals surface area contributed by atoms with Crippen molar-refractivity contribution < 1.29 is 14.3 Å². The van der Waals surface area contributed by atoms with Crippen LogP contribution in [0.2, 0.25) is 0 Å². The van der Waals surface area contributed by atoms with Crippen molar-refractivity contribution in [2.45, 2.75) is 20.0 Å². The van der Waals surface area contributed by atoms with Gasteiger partial charge in [-0.1, -0.05) is 35.9 Å². The molecule has 1 atom stereocenters. The van der Waals surface area contributed by atoms with Crippen LogP contribution in [0.3, 0.4) is 0 Å². The number of rotatable bonds is 4. The highest BCUT2D eigenvalue weighted by Gasteiger charge is 2.20. The van der Waals surface area contributed by atoms with Crippen LogP contribution >= 0.6 is 0 Å². The van der Waals surface area contributed by atoms with Crippen LogP contribution in [0.1, 0.15) is 38.8 Å². The van der Waals surface area contributed by atoms with E-state index < -0.39 is 12.1 Å². The number of Topliss-reactive ketones (excluding diaryl/α,β-unsaturated/α-hetero) is 1. The minimum Gasteiger partial charge on any atom is -0.451 e. The van der Waals surface area contributed by atoms with E-state index in [0.29, 0.717) is 11.1 Å². The van der Waals surface area contributed by atoms with E-state index in [4.69, 9.17) is 10.00 Å². The van der Waals surface area contributed by atoms with Gasteiger partial charge in [0.2, 0.25) is 5.78 Å². The lowest BCUT2D eigenvalue weighted by Crippen LogP contribution is -2.24. The number of nitriles is 1. The molecule has 0 aliphatic carbocycles. The van der Waals surface area contributed by atoms with Gasteiger partial charge < -0.3 is 4.74 Å². The molecule has 0 saturated carbocycles. The van der Waals surface area contributed by atoms with Gasteiger partial charge in [-0.2, -0.15) is 5.26 Å². The smallest absolute Gasteiger partial charge is 0.338 e. The van der Waals surface area contributed by atoms with Crippen LogP contribution < -0.4 is 0 Å². The Kier molecular flexibility index (Phi) is 4.70. The Morgan fingerprint density at radius 1 is 1.09 bits per heavy atom. The first kappa shape index (κ1) is 15.5. The lowest BCUT2D eigenvalue weighted by atomic mass is 10.1. The highest BCUT2D eigenvalue weighted by atomic mass is 16.5. The molecule has 110 valence electrons. The maximum absolute atomic E-state index is 12.2. The molecule has 0 amide bonds. The Balaban J connectivity index is 2.09. The minimum absolute atomic E-state index is 0.252. The van der Waals surface area contributed by atoms with Gasteiger partial charge in [-0.3, -0.25) is 4.79 Å². The van der Waals surface area contributed by atoms with Gasteiger partial charge in [0.05, 0.1) is 17.2 Å². The molecule has 4 heteroatoms. The molecular formula is C18H15NO3. The topological polar surface area (TPSA) is 67.2 Å². The fourth-order valence-corrected chi connectivity index (χ4v) is 1.95. The van der Waals surface area contributed by atoms with Crippen molar-refractivity contribution in [1.82, 2.24) is 0 Å². The molecule has 0 aromatic heterocycles. The fourth-order valence-electron chi connectivity index (χ4n) is 1.95. The number of aryl methyl sites for hydroxylation is 1. The van der Waals surface area contributed by atoms with Gasteiger partial charge in [0, 0.05) is 5.56 Å². The number of ether oxygens (including phenoxy) is 1. The standard InChI is InChI=1S/C18H15NO3/c1-12-6-8-15(9-7-12)17(20)13(2)22-18(21)16-5-3-4-14(10-16)11-19/h3-10,13H,1-2H3/t13-/m1/s1. The predicted molar refractivity (Wildman–Crippen MR) is 81.5 cm³/mol. The lowest BCUT2D eigenvalue weighted by molar-refractivity contribution is 0.0319. The van der Waals surface area contributed by atoms with Crippen molar-refractivity contribution in [1.29, 1.82) is 5.26 Å². The van der Waals surface area contributed by atoms with E-state index in [1.807, 2.05) is 25.1 Å². The van der Waals surface area contributed by atoms with Gasteiger partial charge in [0.15, 0.2) is 6.10 Å². The Labute approximate surface area is 129 Å².